The number of H-pyrrole nitrogens is 1. The van der Waals surface area contributed by atoms with Crippen molar-refractivity contribution in [2.24, 2.45) is 0 Å². The van der Waals surface area contributed by atoms with Gasteiger partial charge in [0.2, 0.25) is 5.91 Å². The molecule has 2 aromatic rings. The van der Waals surface area contributed by atoms with Gasteiger partial charge in [-0.25, -0.2) is 4.79 Å². The molecule has 0 aliphatic heterocycles. The Balaban J connectivity index is 1.94. The van der Waals surface area contributed by atoms with E-state index >= 15 is 0 Å². The third kappa shape index (κ3) is 4.34. The van der Waals surface area contributed by atoms with E-state index in [1.54, 1.807) is 0 Å². The molecule has 0 unspecified atom stereocenters. The van der Waals surface area contributed by atoms with E-state index in [2.05, 4.69) is 10.3 Å². The zero-order chi connectivity index (χ0) is 15.9. The first-order valence-corrected chi connectivity index (χ1v) is 6.86. The highest BCUT2D eigenvalue weighted by molar-refractivity contribution is 5.75. The monoisotopic (exact) mass is 303 g/mol. The second-order valence-corrected chi connectivity index (χ2v) is 4.60. The van der Waals surface area contributed by atoms with Gasteiger partial charge in [-0.2, -0.15) is 0 Å². The average Bonchev–Trinajstić information content (AvgIpc) is 2.49. The van der Waals surface area contributed by atoms with Crippen LogP contribution < -0.4 is 21.3 Å². The van der Waals surface area contributed by atoms with Crippen molar-refractivity contribution < 1.29 is 9.53 Å². The molecule has 0 aliphatic carbocycles. The molecule has 7 heteroatoms. The Morgan fingerprint density at radius 1 is 1.32 bits per heavy atom. The Morgan fingerprint density at radius 3 is 2.86 bits per heavy atom. The number of nitrogens with one attached hydrogen (secondary N) is 2. The summed E-state index contributed by atoms with van der Waals surface area (Å²) < 4.78 is 6.52. The van der Waals surface area contributed by atoms with Crippen molar-refractivity contribution >= 4 is 5.91 Å². The zero-order valence-corrected chi connectivity index (χ0v) is 12.2. The van der Waals surface area contributed by atoms with E-state index < -0.39 is 11.2 Å². The molecule has 0 atom stereocenters. The lowest BCUT2D eigenvalue weighted by molar-refractivity contribution is -0.121. The van der Waals surface area contributed by atoms with Gasteiger partial charge in [0, 0.05) is 18.8 Å². The van der Waals surface area contributed by atoms with Crippen molar-refractivity contribution in [1.82, 2.24) is 14.9 Å². The second-order valence-electron chi connectivity index (χ2n) is 4.60. The quantitative estimate of drug-likeness (QED) is 0.800. The summed E-state index contributed by atoms with van der Waals surface area (Å²) in [6.07, 6.45) is 1.29. The van der Waals surface area contributed by atoms with Crippen LogP contribution in [0.25, 0.3) is 0 Å². The molecule has 0 aliphatic rings. The van der Waals surface area contributed by atoms with Gasteiger partial charge in [-0.3, -0.25) is 19.1 Å². The maximum atomic E-state index is 11.8. The molecule has 0 saturated heterocycles. The van der Waals surface area contributed by atoms with Gasteiger partial charge in [-0.1, -0.05) is 12.1 Å². The minimum Gasteiger partial charge on any atom is -0.494 e. The molecular weight excluding hydrogens is 286 g/mol. The maximum Gasteiger partial charge on any atom is 0.328 e. The Labute approximate surface area is 126 Å². The van der Waals surface area contributed by atoms with Crippen LogP contribution in [-0.4, -0.2) is 22.1 Å². The molecule has 22 heavy (non-hydrogen) atoms. The number of nitrogens with zero attached hydrogens (tertiary/aromatic N) is 1. The van der Waals surface area contributed by atoms with E-state index in [1.807, 2.05) is 31.2 Å². The Kier molecular flexibility index (Phi) is 5.13. The van der Waals surface area contributed by atoms with Crippen molar-refractivity contribution in [1.29, 1.82) is 0 Å². The molecule has 7 nitrogen and oxygen atoms in total. The minimum absolute atomic E-state index is 0.152. The molecular formula is C15H17N3O4. The van der Waals surface area contributed by atoms with Crippen LogP contribution in [0.1, 0.15) is 12.5 Å². The second kappa shape index (κ2) is 7.26. The third-order valence-corrected chi connectivity index (χ3v) is 2.91. The Morgan fingerprint density at radius 2 is 2.14 bits per heavy atom. The summed E-state index contributed by atoms with van der Waals surface area (Å²) in [4.78, 5) is 36.4. The standard InChI is InChI=1S/C15H17N3O4/c1-2-22-12-5-3-4-11(8-12)9-16-14(20)10-18-7-6-13(19)17-15(18)21/h3-8H,2,9-10H2,1H3,(H,16,20)(H,17,19,21). The number of hydrogen-bond donors (Lipinski definition) is 2. The first-order chi connectivity index (χ1) is 10.6. The highest BCUT2D eigenvalue weighted by Crippen LogP contribution is 2.12. The number of aromatic nitrogens is 2. The number of rotatable bonds is 6. The van der Waals surface area contributed by atoms with Gasteiger partial charge in [0.15, 0.2) is 0 Å². The largest absolute Gasteiger partial charge is 0.494 e. The molecule has 1 aromatic carbocycles. The highest BCUT2D eigenvalue weighted by atomic mass is 16.5. The van der Waals surface area contributed by atoms with Crippen LogP contribution in [0.5, 0.6) is 5.75 Å². The normalized spacial score (nSPS) is 10.2. The topological polar surface area (TPSA) is 93.2 Å². The maximum absolute atomic E-state index is 11.8. The molecule has 2 N–H and O–H groups in total. The number of carbonyl (C=O) groups excluding carboxylic acids is 1. The molecule has 0 fully saturated rings. The predicted octanol–water partition coefficient (Wildman–Crippen LogP) is 0.252. The summed E-state index contributed by atoms with van der Waals surface area (Å²) in [5.74, 6) is 0.419. The van der Waals surface area contributed by atoms with Gasteiger partial charge in [-0.05, 0) is 24.6 Å². The van der Waals surface area contributed by atoms with Crippen molar-refractivity contribution in [2.75, 3.05) is 6.61 Å². The van der Waals surface area contributed by atoms with E-state index in [4.69, 9.17) is 4.74 Å². The zero-order valence-electron chi connectivity index (χ0n) is 12.2. The minimum atomic E-state index is -0.610. The molecule has 0 bridgehead atoms. The summed E-state index contributed by atoms with van der Waals surface area (Å²) in [5, 5.41) is 2.71. The lowest BCUT2D eigenvalue weighted by Gasteiger charge is -2.08. The summed E-state index contributed by atoms with van der Waals surface area (Å²) >= 11 is 0. The molecule has 0 saturated carbocycles. The fraction of sp³-hybridized carbons (Fsp3) is 0.267. The van der Waals surface area contributed by atoms with Gasteiger partial charge in [0.1, 0.15) is 12.3 Å². The van der Waals surface area contributed by atoms with Gasteiger partial charge in [0.25, 0.3) is 5.56 Å². The molecule has 1 aromatic heterocycles. The summed E-state index contributed by atoms with van der Waals surface area (Å²) in [6, 6.07) is 8.60. The Bertz CT molecular complexity index is 764. The van der Waals surface area contributed by atoms with Crippen LogP contribution >= 0.6 is 0 Å². The van der Waals surface area contributed by atoms with E-state index in [1.165, 1.54) is 12.3 Å². The number of ether oxygens (including phenoxy) is 1. The molecule has 0 radical (unpaired) electrons. The van der Waals surface area contributed by atoms with Crippen molar-refractivity contribution in [3.8, 4) is 5.75 Å². The number of benzene rings is 1. The number of carbonyl (C=O) groups is 1. The van der Waals surface area contributed by atoms with Crippen LogP contribution in [0.2, 0.25) is 0 Å². The van der Waals surface area contributed by atoms with Gasteiger partial charge >= 0.3 is 5.69 Å². The number of amides is 1. The van der Waals surface area contributed by atoms with Crippen molar-refractivity contribution in [3.05, 3.63) is 62.9 Å². The van der Waals surface area contributed by atoms with Gasteiger partial charge < -0.3 is 10.1 Å². The molecule has 2 rings (SSSR count). The fourth-order valence-corrected chi connectivity index (χ4v) is 1.89. The van der Waals surface area contributed by atoms with Crippen LogP contribution in [0.15, 0.2) is 46.1 Å². The summed E-state index contributed by atoms with van der Waals surface area (Å²) in [5.41, 5.74) is -0.205. The predicted molar refractivity (Wildman–Crippen MR) is 80.8 cm³/mol. The van der Waals surface area contributed by atoms with E-state index in [0.717, 1.165) is 15.9 Å². The molecule has 0 spiro atoms. The van der Waals surface area contributed by atoms with Gasteiger partial charge in [0.05, 0.1) is 6.61 Å². The smallest absolute Gasteiger partial charge is 0.328 e. The van der Waals surface area contributed by atoms with Crippen LogP contribution in [0, 0.1) is 0 Å². The van der Waals surface area contributed by atoms with Crippen LogP contribution in [-0.2, 0) is 17.9 Å². The van der Waals surface area contributed by atoms with E-state index in [-0.39, 0.29) is 12.5 Å². The first-order valence-electron chi connectivity index (χ1n) is 6.86. The summed E-state index contributed by atoms with van der Waals surface area (Å²) in [7, 11) is 0. The number of aromatic amines is 1. The van der Waals surface area contributed by atoms with Crippen molar-refractivity contribution in [2.45, 2.75) is 20.0 Å². The van der Waals surface area contributed by atoms with Gasteiger partial charge in [-0.15, -0.1) is 0 Å². The first kappa shape index (κ1) is 15.6. The third-order valence-electron chi connectivity index (χ3n) is 2.91. The van der Waals surface area contributed by atoms with Crippen molar-refractivity contribution in [3.63, 3.8) is 0 Å². The average molecular weight is 303 g/mol. The SMILES string of the molecule is CCOc1cccc(CNC(=O)Cn2ccc(=O)[nH]c2=O)c1. The lowest BCUT2D eigenvalue weighted by Crippen LogP contribution is -2.35. The number of hydrogen-bond acceptors (Lipinski definition) is 4. The Hall–Kier alpha value is -2.83. The molecule has 1 heterocycles. The van der Waals surface area contributed by atoms with E-state index in [9.17, 15) is 14.4 Å². The van der Waals surface area contributed by atoms with Crippen LogP contribution in [0.3, 0.4) is 0 Å². The summed E-state index contributed by atoms with van der Waals surface area (Å²) in [6.45, 7) is 2.65. The highest BCUT2D eigenvalue weighted by Gasteiger charge is 2.05. The van der Waals surface area contributed by atoms with Crippen LogP contribution in [0.4, 0.5) is 0 Å². The molecule has 116 valence electrons. The fourth-order valence-electron chi connectivity index (χ4n) is 1.89. The van der Waals surface area contributed by atoms with E-state index in [0.29, 0.717) is 13.2 Å². The lowest BCUT2D eigenvalue weighted by atomic mass is 10.2. The molecule has 1 amide bonds.